The molecule has 3 heterocycles. The molecular formula is C45H39N5OS. The minimum absolute atomic E-state index is 0.837. The number of hydrogen-bond donors (Lipinski definition) is 2. The van der Waals surface area contributed by atoms with Crippen LogP contribution in [-0.2, 0) is 0 Å². The Bertz CT molecular complexity index is 2170. The number of ether oxygens (including phenoxy) is 1. The minimum Gasteiger partial charge on any atom is -0.453 e. The van der Waals surface area contributed by atoms with Crippen molar-refractivity contribution >= 4 is 57.3 Å². The zero-order valence-corrected chi connectivity index (χ0v) is 29.8. The van der Waals surface area contributed by atoms with E-state index in [2.05, 4.69) is 156 Å². The average Bonchev–Trinajstić information content (AvgIpc) is 3.70. The second kappa shape index (κ2) is 15.6. The molecule has 6 aromatic rings. The van der Waals surface area contributed by atoms with Gasteiger partial charge in [-0.15, -0.1) is 12.1 Å². The second-order valence-electron chi connectivity index (χ2n) is 11.8. The Balaban J connectivity index is 0.000000556. The first-order valence-corrected chi connectivity index (χ1v) is 17.8. The summed E-state index contributed by atoms with van der Waals surface area (Å²) in [5.74, 6) is 1.67. The molecule has 3 aliphatic heterocycles. The third-order valence-corrected chi connectivity index (χ3v) is 9.53. The number of nitrogens with one attached hydrogen (secondary N) is 2. The second-order valence-corrected chi connectivity index (χ2v) is 12.9. The van der Waals surface area contributed by atoms with Crippen molar-refractivity contribution in [1.29, 1.82) is 0 Å². The van der Waals surface area contributed by atoms with Gasteiger partial charge in [0, 0.05) is 32.9 Å². The summed E-state index contributed by atoms with van der Waals surface area (Å²) < 4.78 is 6.22. The maximum atomic E-state index is 6.22. The zero-order chi connectivity index (χ0) is 35.9. The number of hydrazine groups is 2. The Morgan fingerprint density at radius 3 is 1.63 bits per heavy atom. The first-order chi connectivity index (χ1) is 25.6. The lowest BCUT2D eigenvalue weighted by Crippen LogP contribution is -2.36. The fourth-order valence-corrected chi connectivity index (χ4v) is 7.20. The van der Waals surface area contributed by atoms with E-state index in [4.69, 9.17) is 4.74 Å². The maximum Gasteiger partial charge on any atom is 0.151 e. The molecule has 3 aliphatic rings. The molecule has 0 unspecified atom stereocenters. The molecule has 7 heteroatoms. The molecule has 6 nitrogen and oxygen atoms in total. The first-order valence-electron chi connectivity index (χ1n) is 17.0. The van der Waals surface area contributed by atoms with Gasteiger partial charge in [0.15, 0.2) is 11.5 Å². The van der Waals surface area contributed by atoms with Crippen molar-refractivity contribution in [2.24, 2.45) is 0 Å². The molecule has 256 valence electrons. The Kier molecular flexibility index (Phi) is 10.2. The summed E-state index contributed by atoms with van der Waals surface area (Å²) in [5.41, 5.74) is 16.4. The number of anilines is 7. The van der Waals surface area contributed by atoms with Crippen LogP contribution in [0.2, 0.25) is 0 Å². The van der Waals surface area contributed by atoms with Crippen LogP contribution in [0.25, 0.3) is 5.70 Å². The summed E-state index contributed by atoms with van der Waals surface area (Å²) in [4.78, 5) is 7.11. The van der Waals surface area contributed by atoms with Gasteiger partial charge in [-0.2, -0.15) is 0 Å². The highest BCUT2D eigenvalue weighted by Crippen LogP contribution is 2.52. The van der Waals surface area contributed by atoms with Crippen molar-refractivity contribution in [3.63, 3.8) is 0 Å². The van der Waals surface area contributed by atoms with Gasteiger partial charge in [0.25, 0.3) is 0 Å². The van der Waals surface area contributed by atoms with E-state index in [9.17, 15) is 0 Å². The molecule has 0 aliphatic carbocycles. The highest BCUT2D eigenvalue weighted by atomic mass is 32.2. The van der Waals surface area contributed by atoms with Gasteiger partial charge in [0.05, 0.1) is 34.1 Å². The SMILES string of the molecule is C1=C(c2ccc(N3c4ccccc4Sc4ccccc43)cc2)NNN1c1cccc(N2c3ccccc3Oc3ccccc32)c1.C=CC.C=CC=C. The van der Waals surface area contributed by atoms with Crippen molar-refractivity contribution in [3.05, 3.63) is 195 Å². The van der Waals surface area contributed by atoms with E-state index in [0.29, 0.717) is 0 Å². The van der Waals surface area contributed by atoms with Gasteiger partial charge in [-0.3, -0.25) is 5.01 Å². The lowest BCUT2D eigenvalue weighted by atomic mass is 10.1. The predicted octanol–water partition coefficient (Wildman–Crippen LogP) is 12.6. The van der Waals surface area contributed by atoms with Gasteiger partial charge in [0.1, 0.15) is 0 Å². The van der Waals surface area contributed by atoms with Gasteiger partial charge in [-0.05, 0) is 85.8 Å². The molecule has 0 radical (unpaired) electrons. The van der Waals surface area contributed by atoms with Gasteiger partial charge < -0.3 is 20.0 Å². The molecule has 0 amide bonds. The van der Waals surface area contributed by atoms with E-state index in [1.807, 2.05) is 60.1 Å². The first kappa shape index (κ1) is 34.1. The zero-order valence-electron chi connectivity index (χ0n) is 28.9. The largest absolute Gasteiger partial charge is 0.453 e. The van der Waals surface area contributed by atoms with E-state index in [0.717, 1.165) is 51.2 Å². The summed E-state index contributed by atoms with van der Waals surface area (Å²) in [6.45, 7) is 12.0. The van der Waals surface area contributed by atoms with E-state index < -0.39 is 0 Å². The predicted molar refractivity (Wildman–Crippen MR) is 219 cm³/mol. The van der Waals surface area contributed by atoms with Crippen LogP contribution in [0.5, 0.6) is 11.5 Å². The summed E-state index contributed by atoms with van der Waals surface area (Å²) >= 11 is 1.82. The molecule has 2 N–H and O–H groups in total. The molecule has 0 saturated heterocycles. The summed E-state index contributed by atoms with van der Waals surface area (Å²) in [7, 11) is 0. The monoisotopic (exact) mass is 697 g/mol. The topological polar surface area (TPSA) is 43.0 Å². The molecule has 0 bridgehead atoms. The van der Waals surface area contributed by atoms with Gasteiger partial charge in [-0.25, -0.2) is 0 Å². The molecule has 9 rings (SSSR count). The van der Waals surface area contributed by atoms with Crippen LogP contribution in [0, 0.1) is 0 Å². The number of hydrogen-bond acceptors (Lipinski definition) is 7. The number of allylic oxidation sites excluding steroid dienone is 3. The van der Waals surface area contributed by atoms with Crippen LogP contribution in [0.1, 0.15) is 12.5 Å². The summed E-state index contributed by atoms with van der Waals surface area (Å²) in [6, 6.07) is 50.7. The summed E-state index contributed by atoms with van der Waals surface area (Å²) in [6.07, 6.45) is 7.12. The molecule has 0 saturated carbocycles. The number of para-hydroxylation sites is 6. The Hall–Kier alpha value is -6.41. The highest BCUT2D eigenvalue weighted by Gasteiger charge is 2.27. The van der Waals surface area contributed by atoms with Crippen molar-refractivity contribution in [2.75, 3.05) is 14.8 Å². The molecule has 0 fully saturated rings. The van der Waals surface area contributed by atoms with E-state index >= 15 is 0 Å². The van der Waals surface area contributed by atoms with E-state index in [1.165, 1.54) is 21.2 Å². The molecular weight excluding hydrogens is 659 g/mol. The number of fused-ring (bicyclic) bond motifs is 4. The molecule has 0 atom stereocenters. The third-order valence-electron chi connectivity index (χ3n) is 8.40. The van der Waals surface area contributed by atoms with Gasteiger partial charge in [-0.1, -0.05) is 110 Å². The Labute approximate surface area is 310 Å². The quantitative estimate of drug-likeness (QED) is 0.137. The Morgan fingerprint density at radius 1 is 0.558 bits per heavy atom. The fraction of sp³-hybridized carbons (Fsp3) is 0.0222. The standard InChI is InChI=1S/C38H27N5OS.C4H6.C3H6/c1-5-16-35-31(12-1)43(32-13-2-6-17-36(32)44-35)29-11-9-10-28(24-29)41-25-30(39-40-41)26-20-22-27(23-21-26)42-33-14-3-7-18-37(33)45-38-19-8-4-15-34(38)42;1-3-4-2;1-3-2/h1-25,39-40H;3-4H,1-2H2;3H,1H2,2H3. The number of rotatable bonds is 5. The van der Waals surface area contributed by atoms with Crippen LogP contribution >= 0.6 is 11.8 Å². The number of benzene rings is 6. The summed E-state index contributed by atoms with van der Waals surface area (Å²) in [5, 5.41) is 2.01. The molecule has 0 aromatic heterocycles. The van der Waals surface area contributed by atoms with Crippen molar-refractivity contribution in [3.8, 4) is 11.5 Å². The fourth-order valence-electron chi connectivity index (χ4n) is 6.14. The highest BCUT2D eigenvalue weighted by molar-refractivity contribution is 7.99. The van der Waals surface area contributed by atoms with Crippen LogP contribution in [0.15, 0.2) is 200 Å². The van der Waals surface area contributed by atoms with Crippen LogP contribution < -0.4 is 30.5 Å². The smallest absolute Gasteiger partial charge is 0.151 e. The van der Waals surface area contributed by atoms with E-state index in [1.54, 1.807) is 18.2 Å². The van der Waals surface area contributed by atoms with Crippen LogP contribution in [0.4, 0.5) is 39.8 Å². The van der Waals surface area contributed by atoms with Gasteiger partial charge in [0.2, 0.25) is 0 Å². The van der Waals surface area contributed by atoms with E-state index in [-0.39, 0.29) is 0 Å². The lowest BCUT2D eigenvalue weighted by molar-refractivity contribution is 0.477. The average molecular weight is 698 g/mol. The molecule has 6 aromatic carbocycles. The maximum absolute atomic E-state index is 6.22. The molecule has 52 heavy (non-hydrogen) atoms. The van der Waals surface area contributed by atoms with Crippen molar-refractivity contribution in [1.82, 2.24) is 11.0 Å². The number of nitrogens with zero attached hydrogens (tertiary/aromatic N) is 3. The third kappa shape index (κ3) is 6.83. The van der Waals surface area contributed by atoms with Crippen LogP contribution in [-0.4, -0.2) is 0 Å². The van der Waals surface area contributed by atoms with Crippen molar-refractivity contribution < 1.29 is 4.74 Å². The van der Waals surface area contributed by atoms with Gasteiger partial charge >= 0.3 is 0 Å². The Morgan fingerprint density at radius 2 is 1.06 bits per heavy atom. The minimum atomic E-state index is 0.837. The normalized spacial score (nSPS) is 13.1. The van der Waals surface area contributed by atoms with Crippen molar-refractivity contribution in [2.45, 2.75) is 16.7 Å². The lowest BCUT2D eigenvalue weighted by Gasteiger charge is -2.33. The molecule has 0 spiro atoms. The van der Waals surface area contributed by atoms with Crippen LogP contribution in [0.3, 0.4) is 0 Å².